The van der Waals surface area contributed by atoms with Crippen molar-refractivity contribution in [3.05, 3.63) is 29.3 Å². The highest BCUT2D eigenvalue weighted by atomic mass is 16.5. The number of ether oxygens (including phenoxy) is 3. The number of nitrogens with one attached hydrogen (secondary N) is 1. The minimum Gasteiger partial charge on any atom is -0.493 e. The molecule has 31 heavy (non-hydrogen) atoms. The van der Waals surface area contributed by atoms with E-state index in [0.29, 0.717) is 43.4 Å². The summed E-state index contributed by atoms with van der Waals surface area (Å²) in [4.78, 5) is 26.5. The Labute approximate surface area is 182 Å². The van der Waals surface area contributed by atoms with Crippen molar-refractivity contribution in [3.63, 3.8) is 0 Å². The van der Waals surface area contributed by atoms with Crippen LogP contribution in [0, 0.1) is 11.3 Å². The van der Waals surface area contributed by atoms with Gasteiger partial charge < -0.3 is 24.4 Å². The molecule has 8 nitrogen and oxygen atoms in total. The number of methoxy groups -OCH3 is 1. The lowest BCUT2D eigenvalue weighted by molar-refractivity contribution is -0.137. The van der Waals surface area contributed by atoms with E-state index in [9.17, 15) is 14.9 Å². The van der Waals surface area contributed by atoms with E-state index >= 15 is 0 Å². The van der Waals surface area contributed by atoms with Crippen LogP contribution in [0.2, 0.25) is 0 Å². The van der Waals surface area contributed by atoms with E-state index in [1.807, 2.05) is 6.07 Å². The molecular weight excluding hydrogens is 398 g/mol. The Morgan fingerprint density at radius 2 is 1.97 bits per heavy atom. The molecule has 1 N–H and O–H groups in total. The summed E-state index contributed by atoms with van der Waals surface area (Å²) in [7, 11) is 1.50. The van der Waals surface area contributed by atoms with Crippen LogP contribution in [-0.4, -0.2) is 62.8 Å². The van der Waals surface area contributed by atoms with Gasteiger partial charge in [-0.3, -0.25) is 9.59 Å². The molecule has 1 aromatic carbocycles. The van der Waals surface area contributed by atoms with E-state index in [1.54, 1.807) is 23.1 Å². The van der Waals surface area contributed by atoms with Gasteiger partial charge in [0, 0.05) is 19.1 Å². The molecule has 8 heteroatoms. The molecule has 2 amide bonds. The van der Waals surface area contributed by atoms with E-state index in [2.05, 4.69) is 5.32 Å². The van der Waals surface area contributed by atoms with Crippen LogP contribution < -0.4 is 14.8 Å². The van der Waals surface area contributed by atoms with Crippen LogP contribution >= 0.6 is 0 Å². The molecule has 0 atom stereocenters. The van der Waals surface area contributed by atoms with Crippen LogP contribution in [0.15, 0.2) is 23.8 Å². The molecule has 166 valence electrons. The number of amides is 2. The quantitative estimate of drug-likeness (QED) is 0.529. The first-order valence-corrected chi connectivity index (χ1v) is 10.7. The normalized spacial score (nSPS) is 17.5. The van der Waals surface area contributed by atoms with Gasteiger partial charge in [-0.15, -0.1) is 0 Å². The Hall–Kier alpha value is -3.05. The van der Waals surface area contributed by atoms with Gasteiger partial charge in [-0.1, -0.05) is 25.3 Å². The minimum absolute atomic E-state index is 0.0452. The largest absolute Gasteiger partial charge is 0.493 e. The smallest absolute Gasteiger partial charge is 0.262 e. The van der Waals surface area contributed by atoms with Crippen molar-refractivity contribution in [2.24, 2.45) is 0 Å². The second kappa shape index (κ2) is 11.4. The van der Waals surface area contributed by atoms with E-state index in [4.69, 9.17) is 14.2 Å². The second-order valence-electron chi connectivity index (χ2n) is 7.67. The maximum atomic E-state index is 12.5. The van der Waals surface area contributed by atoms with Crippen molar-refractivity contribution in [2.45, 2.75) is 38.1 Å². The summed E-state index contributed by atoms with van der Waals surface area (Å²) in [5, 5.41) is 12.4. The average Bonchev–Trinajstić information content (AvgIpc) is 2.82. The fourth-order valence-corrected chi connectivity index (χ4v) is 3.76. The number of hydrogen-bond donors (Lipinski definition) is 1. The Balaban J connectivity index is 1.64. The van der Waals surface area contributed by atoms with Gasteiger partial charge in [-0.2, -0.15) is 5.26 Å². The molecule has 0 spiro atoms. The van der Waals surface area contributed by atoms with Gasteiger partial charge >= 0.3 is 0 Å². The van der Waals surface area contributed by atoms with Gasteiger partial charge in [-0.25, -0.2) is 0 Å². The Morgan fingerprint density at radius 3 is 2.65 bits per heavy atom. The predicted molar refractivity (Wildman–Crippen MR) is 114 cm³/mol. The van der Waals surface area contributed by atoms with Crippen LogP contribution in [0.5, 0.6) is 11.5 Å². The highest BCUT2D eigenvalue weighted by Gasteiger charge is 2.19. The number of carbonyl (C=O) groups excluding carboxylic acids is 2. The summed E-state index contributed by atoms with van der Waals surface area (Å²) in [5.74, 6) is 0.380. The number of rotatable bonds is 7. The maximum absolute atomic E-state index is 12.5. The van der Waals surface area contributed by atoms with Crippen LogP contribution in [0.3, 0.4) is 0 Å². The number of hydrogen-bond acceptors (Lipinski definition) is 6. The summed E-state index contributed by atoms with van der Waals surface area (Å²) < 4.78 is 16.3. The molecule has 0 aromatic heterocycles. The van der Waals surface area contributed by atoms with Crippen LogP contribution in [-0.2, 0) is 14.3 Å². The fraction of sp³-hybridized carbons (Fsp3) is 0.522. The summed E-state index contributed by atoms with van der Waals surface area (Å²) in [6.07, 6.45) is 6.83. The zero-order valence-electron chi connectivity index (χ0n) is 17.9. The Morgan fingerprint density at radius 1 is 1.23 bits per heavy atom. The van der Waals surface area contributed by atoms with Gasteiger partial charge in [0.05, 0.1) is 20.3 Å². The lowest BCUT2D eigenvalue weighted by Crippen LogP contribution is -2.43. The van der Waals surface area contributed by atoms with Crippen molar-refractivity contribution in [2.75, 3.05) is 40.0 Å². The van der Waals surface area contributed by atoms with Crippen molar-refractivity contribution in [1.29, 1.82) is 5.26 Å². The molecule has 0 radical (unpaired) electrons. The standard InChI is InChI=1S/C23H29N3O5/c1-29-21-14-17(13-18(15-24)23(28)25-19-5-3-2-4-6-19)7-8-20(21)31-16-22(27)26-9-11-30-12-10-26/h7-8,13-14,19H,2-6,9-12,16H2,1H3,(H,25,28)/b18-13-. The molecule has 1 aliphatic heterocycles. The van der Waals surface area contributed by atoms with Crippen molar-refractivity contribution < 1.29 is 23.8 Å². The number of morpholine rings is 1. The van der Waals surface area contributed by atoms with E-state index in [0.717, 1.165) is 25.7 Å². The first-order valence-electron chi connectivity index (χ1n) is 10.7. The van der Waals surface area contributed by atoms with E-state index in [1.165, 1.54) is 19.6 Å². The number of carbonyl (C=O) groups is 2. The van der Waals surface area contributed by atoms with E-state index < -0.39 is 0 Å². The minimum atomic E-state index is -0.357. The molecule has 0 unspecified atom stereocenters. The summed E-state index contributed by atoms with van der Waals surface area (Å²) in [6, 6.07) is 7.19. The summed E-state index contributed by atoms with van der Waals surface area (Å²) in [5.41, 5.74) is 0.683. The zero-order chi connectivity index (χ0) is 22.1. The summed E-state index contributed by atoms with van der Waals surface area (Å²) >= 11 is 0. The molecule has 2 aliphatic rings. The lowest BCUT2D eigenvalue weighted by Gasteiger charge is -2.26. The SMILES string of the molecule is COc1cc(/C=C(/C#N)C(=O)NC2CCCCC2)ccc1OCC(=O)N1CCOCC1. The van der Waals surface area contributed by atoms with Crippen molar-refractivity contribution in [1.82, 2.24) is 10.2 Å². The topological polar surface area (TPSA) is 101 Å². The highest BCUT2D eigenvalue weighted by molar-refractivity contribution is 6.01. The third-order valence-corrected chi connectivity index (χ3v) is 5.52. The first kappa shape index (κ1) is 22.6. The molecule has 1 saturated carbocycles. The summed E-state index contributed by atoms with van der Waals surface area (Å²) in [6.45, 7) is 2.09. The third-order valence-electron chi connectivity index (χ3n) is 5.52. The van der Waals surface area contributed by atoms with Crippen LogP contribution in [0.25, 0.3) is 6.08 Å². The zero-order valence-corrected chi connectivity index (χ0v) is 17.9. The van der Waals surface area contributed by atoms with Gasteiger partial charge in [0.2, 0.25) is 0 Å². The molecular formula is C23H29N3O5. The molecule has 1 heterocycles. The van der Waals surface area contributed by atoms with Crippen LogP contribution in [0.4, 0.5) is 0 Å². The lowest BCUT2D eigenvalue weighted by atomic mass is 9.95. The third kappa shape index (κ3) is 6.46. The average molecular weight is 428 g/mol. The van der Waals surface area contributed by atoms with Crippen molar-refractivity contribution >= 4 is 17.9 Å². The maximum Gasteiger partial charge on any atom is 0.262 e. The van der Waals surface area contributed by atoms with Gasteiger partial charge in [-0.05, 0) is 36.6 Å². The number of nitriles is 1. The van der Waals surface area contributed by atoms with E-state index in [-0.39, 0.29) is 30.0 Å². The van der Waals surface area contributed by atoms with Crippen LogP contribution in [0.1, 0.15) is 37.7 Å². The molecule has 0 bridgehead atoms. The molecule has 1 aromatic rings. The second-order valence-corrected chi connectivity index (χ2v) is 7.67. The molecule has 1 aliphatic carbocycles. The predicted octanol–water partition coefficient (Wildman–Crippen LogP) is 2.29. The van der Waals surface area contributed by atoms with Gasteiger partial charge in [0.1, 0.15) is 11.6 Å². The van der Waals surface area contributed by atoms with Gasteiger partial charge in [0.15, 0.2) is 18.1 Å². The van der Waals surface area contributed by atoms with Crippen molar-refractivity contribution in [3.8, 4) is 17.6 Å². The molecule has 1 saturated heterocycles. The molecule has 3 rings (SSSR count). The first-order chi connectivity index (χ1) is 15.1. The monoisotopic (exact) mass is 427 g/mol. The van der Waals surface area contributed by atoms with Gasteiger partial charge in [0.25, 0.3) is 11.8 Å². The Kier molecular flexibility index (Phi) is 8.30. The fourth-order valence-electron chi connectivity index (χ4n) is 3.76. The highest BCUT2D eigenvalue weighted by Crippen LogP contribution is 2.29. The number of nitrogens with zero attached hydrogens (tertiary/aromatic N) is 2. The molecule has 2 fully saturated rings. The number of benzene rings is 1. The Bertz CT molecular complexity index is 849.